The van der Waals surface area contributed by atoms with Crippen molar-refractivity contribution < 1.29 is 9.90 Å². The lowest BCUT2D eigenvalue weighted by atomic mass is 10.0. The Labute approximate surface area is 169 Å². The Bertz CT molecular complexity index is 1130. The number of allylic oxidation sites excluding steroid dienone is 1. The van der Waals surface area contributed by atoms with Crippen LogP contribution in [0.25, 0.3) is 0 Å². The van der Waals surface area contributed by atoms with E-state index in [4.69, 9.17) is 0 Å². The van der Waals surface area contributed by atoms with Crippen molar-refractivity contribution in [1.29, 1.82) is 0 Å². The standard InChI is InChI=1S/C24H21N3O2/c1-16-5-3-6-21(17(16)2)24(29)26-18-7-9-19(10-8-18)27-14-4-13-25-22-15-20(28)11-12-23(22)27/h3-15,28H,1-2H3,(H,26,29). The Kier molecular flexibility index (Phi) is 4.87. The molecule has 3 aromatic carbocycles. The monoisotopic (exact) mass is 383 g/mol. The highest BCUT2D eigenvalue weighted by Crippen LogP contribution is 2.38. The fraction of sp³-hybridized carbons (Fsp3) is 0.0833. The zero-order valence-corrected chi connectivity index (χ0v) is 16.3. The number of nitrogens with zero attached hydrogens (tertiary/aromatic N) is 2. The molecular formula is C24H21N3O2. The Hall–Kier alpha value is -3.86. The van der Waals surface area contributed by atoms with Gasteiger partial charge < -0.3 is 15.3 Å². The quantitative estimate of drug-likeness (QED) is 0.616. The summed E-state index contributed by atoms with van der Waals surface area (Å²) in [6.07, 6.45) is 5.44. The summed E-state index contributed by atoms with van der Waals surface area (Å²) in [5.41, 5.74) is 5.94. The number of carbonyl (C=O) groups excluding carboxylic acids is 1. The third-order valence-electron chi connectivity index (χ3n) is 5.01. The second kappa shape index (κ2) is 7.64. The molecule has 144 valence electrons. The van der Waals surface area contributed by atoms with Gasteiger partial charge in [0.05, 0.1) is 11.4 Å². The maximum atomic E-state index is 12.6. The van der Waals surface area contributed by atoms with Crippen LogP contribution in [0.3, 0.4) is 0 Å². The number of nitrogens with one attached hydrogen (secondary N) is 1. The molecule has 2 N–H and O–H groups in total. The minimum absolute atomic E-state index is 0.122. The highest BCUT2D eigenvalue weighted by atomic mass is 16.3. The molecule has 0 spiro atoms. The molecular weight excluding hydrogens is 362 g/mol. The van der Waals surface area contributed by atoms with Crippen molar-refractivity contribution in [3.05, 3.63) is 89.6 Å². The third kappa shape index (κ3) is 3.75. The number of phenols is 1. The largest absolute Gasteiger partial charge is 0.508 e. The van der Waals surface area contributed by atoms with Crippen LogP contribution in [0.15, 0.2) is 77.9 Å². The van der Waals surface area contributed by atoms with Crippen LogP contribution in [0, 0.1) is 13.8 Å². The van der Waals surface area contributed by atoms with E-state index in [1.165, 1.54) is 0 Å². The van der Waals surface area contributed by atoms with Gasteiger partial charge in [-0.15, -0.1) is 0 Å². The number of aliphatic imine (C=N–C) groups is 1. The number of fused-ring (bicyclic) bond motifs is 1. The second-order valence-electron chi connectivity index (χ2n) is 6.91. The number of amides is 1. The molecule has 4 rings (SSSR count). The van der Waals surface area contributed by atoms with Crippen molar-refractivity contribution in [1.82, 2.24) is 0 Å². The summed E-state index contributed by atoms with van der Waals surface area (Å²) in [6.45, 7) is 3.95. The molecule has 0 fully saturated rings. The zero-order valence-electron chi connectivity index (χ0n) is 16.3. The van der Waals surface area contributed by atoms with E-state index in [-0.39, 0.29) is 11.7 Å². The highest BCUT2D eigenvalue weighted by Gasteiger charge is 2.14. The first-order valence-corrected chi connectivity index (χ1v) is 9.34. The van der Waals surface area contributed by atoms with Gasteiger partial charge in [0.25, 0.3) is 5.91 Å². The van der Waals surface area contributed by atoms with Crippen molar-refractivity contribution in [2.24, 2.45) is 4.99 Å². The van der Waals surface area contributed by atoms with E-state index in [1.807, 2.05) is 79.6 Å². The molecule has 1 aliphatic heterocycles. The maximum absolute atomic E-state index is 12.6. The number of aryl methyl sites for hydroxylation is 1. The smallest absolute Gasteiger partial charge is 0.255 e. The molecule has 0 atom stereocenters. The average Bonchev–Trinajstić information content (AvgIpc) is 2.92. The van der Waals surface area contributed by atoms with Crippen LogP contribution in [0.2, 0.25) is 0 Å². The first-order valence-electron chi connectivity index (χ1n) is 9.34. The zero-order chi connectivity index (χ0) is 20.4. The molecule has 1 aliphatic rings. The number of benzene rings is 3. The lowest BCUT2D eigenvalue weighted by Gasteiger charge is -2.22. The summed E-state index contributed by atoms with van der Waals surface area (Å²) < 4.78 is 0. The molecule has 29 heavy (non-hydrogen) atoms. The summed E-state index contributed by atoms with van der Waals surface area (Å²) >= 11 is 0. The molecule has 0 bridgehead atoms. The van der Waals surface area contributed by atoms with Crippen LogP contribution in [0.4, 0.5) is 22.7 Å². The van der Waals surface area contributed by atoms with Crippen molar-refractivity contribution in [2.45, 2.75) is 13.8 Å². The summed E-state index contributed by atoms with van der Waals surface area (Å²) in [5, 5.41) is 12.7. The van der Waals surface area contributed by atoms with E-state index in [2.05, 4.69) is 10.3 Å². The maximum Gasteiger partial charge on any atom is 0.255 e. The van der Waals surface area contributed by atoms with Gasteiger partial charge in [-0.2, -0.15) is 0 Å². The summed E-state index contributed by atoms with van der Waals surface area (Å²) in [7, 11) is 0. The summed E-state index contributed by atoms with van der Waals surface area (Å²) in [5.74, 6) is 0.0510. The molecule has 0 saturated heterocycles. The molecule has 0 unspecified atom stereocenters. The molecule has 0 aliphatic carbocycles. The van der Waals surface area contributed by atoms with E-state index in [1.54, 1.807) is 18.3 Å². The second-order valence-corrected chi connectivity index (χ2v) is 6.91. The number of rotatable bonds is 3. The van der Waals surface area contributed by atoms with Crippen LogP contribution in [0.1, 0.15) is 21.5 Å². The van der Waals surface area contributed by atoms with E-state index in [9.17, 15) is 9.90 Å². The van der Waals surface area contributed by atoms with Crippen LogP contribution >= 0.6 is 0 Å². The number of carbonyl (C=O) groups is 1. The Morgan fingerprint density at radius 3 is 2.62 bits per heavy atom. The first kappa shape index (κ1) is 18.5. The summed E-state index contributed by atoms with van der Waals surface area (Å²) in [6, 6.07) is 18.4. The van der Waals surface area contributed by atoms with Crippen molar-refractivity contribution in [3.63, 3.8) is 0 Å². The number of hydrogen-bond acceptors (Lipinski definition) is 4. The van der Waals surface area contributed by atoms with Crippen LogP contribution < -0.4 is 10.2 Å². The normalized spacial score (nSPS) is 12.4. The van der Waals surface area contributed by atoms with Crippen LogP contribution in [-0.4, -0.2) is 17.2 Å². The van der Waals surface area contributed by atoms with Gasteiger partial charge in [-0.25, -0.2) is 0 Å². The molecule has 3 aromatic rings. The van der Waals surface area contributed by atoms with Gasteiger partial charge in [0.2, 0.25) is 0 Å². The number of hydrogen-bond donors (Lipinski definition) is 2. The molecule has 5 heteroatoms. The summed E-state index contributed by atoms with van der Waals surface area (Å²) in [4.78, 5) is 19.0. The van der Waals surface area contributed by atoms with Gasteiger partial charge in [0.15, 0.2) is 0 Å². The van der Waals surface area contributed by atoms with Gasteiger partial charge in [-0.3, -0.25) is 9.79 Å². The van der Waals surface area contributed by atoms with Crippen molar-refractivity contribution >= 4 is 34.9 Å². The number of aromatic hydroxyl groups is 1. The fourth-order valence-electron chi connectivity index (χ4n) is 3.27. The molecule has 0 radical (unpaired) electrons. The minimum atomic E-state index is -0.122. The van der Waals surface area contributed by atoms with E-state index >= 15 is 0 Å². The third-order valence-corrected chi connectivity index (χ3v) is 5.01. The highest BCUT2D eigenvalue weighted by molar-refractivity contribution is 6.05. The Morgan fingerprint density at radius 1 is 1.03 bits per heavy atom. The van der Waals surface area contributed by atoms with Crippen LogP contribution in [0.5, 0.6) is 5.75 Å². The number of anilines is 3. The van der Waals surface area contributed by atoms with Crippen molar-refractivity contribution in [2.75, 3.05) is 10.2 Å². The lowest BCUT2D eigenvalue weighted by molar-refractivity contribution is 0.102. The van der Waals surface area contributed by atoms with Gasteiger partial charge in [-0.1, -0.05) is 12.1 Å². The van der Waals surface area contributed by atoms with Gasteiger partial charge in [0, 0.05) is 35.4 Å². The Morgan fingerprint density at radius 2 is 1.83 bits per heavy atom. The predicted molar refractivity (Wildman–Crippen MR) is 118 cm³/mol. The van der Waals surface area contributed by atoms with Gasteiger partial charge in [0.1, 0.15) is 5.75 Å². The number of phenolic OH excluding ortho intramolecular Hbond substituents is 1. The van der Waals surface area contributed by atoms with Crippen LogP contribution in [-0.2, 0) is 0 Å². The van der Waals surface area contributed by atoms with E-state index < -0.39 is 0 Å². The molecule has 5 nitrogen and oxygen atoms in total. The lowest BCUT2D eigenvalue weighted by Crippen LogP contribution is -2.14. The Balaban J connectivity index is 1.57. The minimum Gasteiger partial charge on any atom is -0.508 e. The molecule has 1 heterocycles. The predicted octanol–water partition coefficient (Wildman–Crippen LogP) is 5.63. The molecule has 1 amide bonds. The van der Waals surface area contributed by atoms with Gasteiger partial charge >= 0.3 is 0 Å². The molecule has 0 aromatic heterocycles. The average molecular weight is 383 g/mol. The van der Waals surface area contributed by atoms with Gasteiger partial charge in [-0.05, 0) is 73.5 Å². The van der Waals surface area contributed by atoms with E-state index in [0.29, 0.717) is 11.3 Å². The first-order chi connectivity index (χ1) is 14.0. The van der Waals surface area contributed by atoms with E-state index in [0.717, 1.165) is 28.2 Å². The topological polar surface area (TPSA) is 64.9 Å². The van der Waals surface area contributed by atoms with Crippen molar-refractivity contribution in [3.8, 4) is 5.75 Å². The SMILES string of the molecule is Cc1cccc(C(=O)Nc2ccc(N3C=CC=Nc4cc(O)ccc43)cc2)c1C. The molecule has 0 saturated carbocycles. The fourth-order valence-corrected chi connectivity index (χ4v) is 3.27.